The number of fused-ring (bicyclic) bond motifs is 5. The third-order valence-corrected chi connectivity index (χ3v) is 7.51. The molecule has 128 valence electrons. The van der Waals surface area contributed by atoms with Crippen LogP contribution in [0.25, 0.3) is 0 Å². The molecule has 1 aromatic rings. The summed E-state index contributed by atoms with van der Waals surface area (Å²) in [5.74, 6) is 1.73. The average Bonchev–Trinajstić information content (AvgIpc) is 2.73. The molecule has 2 N–H and O–H groups in total. The Bertz CT molecular complexity index is 732. The first-order valence-electron chi connectivity index (χ1n) is 9.22. The van der Waals surface area contributed by atoms with Crippen molar-refractivity contribution in [1.29, 1.82) is 5.26 Å². The molecule has 0 spiro atoms. The molecular formula is C21H27NO2. The van der Waals surface area contributed by atoms with E-state index < -0.39 is 0 Å². The minimum atomic E-state index is -0.230. The number of aryl methyl sites for hydroxylation is 1. The maximum atomic E-state index is 10.9. The van der Waals surface area contributed by atoms with Gasteiger partial charge in [0.2, 0.25) is 0 Å². The van der Waals surface area contributed by atoms with Gasteiger partial charge in [-0.2, -0.15) is 5.26 Å². The number of hydrogen-bond donors (Lipinski definition) is 2. The lowest BCUT2D eigenvalue weighted by atomic mass is 9.55. The van der Waals surface area contributed by atoms with Gasteiger partial charge in [0.1, 0.15) is 11.8 Å². The van der Waals surface area contributed by atoms with Crippen molar-refractivity contribution in [2.24, 2.45) is 22.7 Å². The molecule has 5 atom stereocenters. The lowest BCUT2D eigenvalue weighted by molar-refractivity contribution is -0.0464. The van der Waals surface area contributed by atoms with Crippen LogP contribution >= 0.6 is 0 Å². The fourth-order valence-electron chi connectivity index (χ4n) is 6.34. The molecule has 3 heteroatoms. The molecule has 2 saturated carbocycles. The molecule has 0 saturated heterocycles. The van der Waals surface area contributed by atoms with Crippen LogP contribution < -0.4 is 0 Å². The zero-order chi connectivity index (χ0) is 17.3. The predicted octanol–water partition coefficient (Wildman–Crippen LogP) is 4.12. The highest BCUT2D eigenvalue weighted by molar-refractivity contribution is 5.50. The average molecular weight is 325 g/mol. The van der Waals surface area contributed by atoms with Crippen molar-refractivity contribution in [1.82, 2.24) is 0 Å². The van der Waals surface area contributed by atoms with Crippen LogP contribution in [0.15, 0.2) is 12.1 Å². The number of aliphatic hydroxyl groups is 1. The molecule has 0 radical (unpaired) electrons. The highest BCUT2D eigenvalue weighted by Gasteiger charge is 2.60. The van der Waals surface area contributed by atoms with Gasteiger partial charge in [-0.05, 0) is 83.9 Å². The van der Waals surface area contributed by atoms with Crippen molar-refractivity contribution in [3.05, 3.63) is 28.8 Å². The molecule has 3 nitrogen and oxygen atoms in total. The normalized spacial score (nSPS) is 39.5. The summed E-state index contributed by atoms with van der Waals surface area (Å²) >= 11 is 0. The molecule has 0 bridgehead atoms. The fraction of sp³-hybridized carbons (Fsp3) is 0.667. The Labute approximate surface area is 144 Å². The zero-order valence-corrected chi connectivity index (χ0v) is 14.8. The van der Waals surface area contributed by atoms with E-state index in [0.717, 1.165) is 32.1 Å². The monoisotopic (exact) mass is 325 g/mol. The molecule has 24 heavy (non-hydrogen) atoms. The summed E-state index contributed by atoms with van der Waals surface area (Å²) in [6.45, 7) is 6.71. The zero-order valence-electron chi connectivity index (χ0n) is 14.8. The van der Waals surface area contributed by atoms with Gasteiger partial charge in [0.15, 0.2) is 0 Å². The van der Waals surface area contributed by atoms with Gasteiger partial charge in [-0.25, -0.2) is 0 Å². The van der Waals surface area contributed by atoms with Gasteiger partial charge in [0.05, 0.1) is 11.7 Å². The number of phenols is 1. The summed E-state index contributed by atoms with van der Waals surface area (Å²) in [5.41, 5.74) is 2.91. The number of hydrogen-bond acceptors (Lipinski definition) is 3. The minimum absolute atomic E-state index is 0.0125. The smallest absolute Gasteiger partial charge is 0.133 e. The van der Waals surface area contributed by atoms with E-state index in [1.807, 2.05) is 12.1 Å². The maximum Gasteiger partial charge on any atom is 0.133 e. The Hall–Kier alpha value is -1.53. The van der Waals surface area contributed by atoms with E-state index in [-0.39, 0.29) is 22.7 Å². The summed E-state index contributed by atoms with van der Waals surface area (Å²) < 4.78 is 0. The lowest BCUT2D eigenvalue weighted by Crippen LogP contribution is -2.45. The Morgan fingerprint density at radius 1 is 1.21 bits per heavy atom. The molecule has 3 aliphatic carbocycles. The van der Waals surface area contributed by atoms with Crippen molar-refractivity contribution < 1.29 is 10.2 Å². The topological polar surface area (TPSA) is 64.2 Å². The Morgan fingerprint density at radius 2 is 1.96 bits per heavy atom. The first kappa shape index (κ1) is 16.0. The second-order valence-corrected chi connectivity index (χ2v) is 9.24. The van der Waals surface area contributed by atoms with E-state index in [9.17, 15) is 15.5 Å². The number of aliphatic hydroxyl groups excluding tert-OH is 1. The number of aromatic hydroxyl groups is 1. The number of phenolic OH excluding ortho intramolecular Hbond substituents is 1. The van der Waals surface area contributed by atoms with Gasteiger partial charge < -0.3 is 10.2 Å². The molecule has 4 rings (SSSR count). The molecule has 0 aliphatic heterocycles. The van der Waals surface area contributed by atoms with Crippen LogP contribution in [0, 0.1) is 34.0 Å². The summed E-state index contributed by atoms with van der Waals surface area (Å²) in [7, 11) is 0. The van der Waals surface area contributed by atoms with Crippen LogP contribution in [-0.2, 0) is 6.42 Å². The summed E-state index contributed by atoms with van der Waals surface area (Å²) in [5, 5.41) is 30.2. The summed E-state index contributed by atoms with van der Waals surface area (Å²) in [6.07, 6.45) is 5.08. The van der Waals surface area contributed by atoms with Gasteiger partial charge in [0.25, 0.3) is 0 Å². The number of benzene rings is 1. The molecular weight excluding hydrogens is 298 g/mol. The Balaban J connectivity index is 1.75. The van der Waals surface area contributed by atoms with E-state index in [4.69, 9.17) is 0 Å². The van der Waals surface area contributed by atoms with E-state index >= 15 is 0 Å². The van der Waals surface area contributed by atoms with Crippen LogP contribution in [0.4, 0.5) is 0 Å². The molecule has 0 heterocycles. The van der Waals surface area contributed by atoms with Crippen LogP contribution in [0.5, 0.6) is 5.75 Å². The lowest BCUT2D eigenvalue weighted by Gasteiger charge is -2.50. The van der Waals surface area contributed by atoms with Crippen molar-refractivity contribution in [3.8, 4) is 11.8 Å². The molecule has 1 aromatic carbocycles. The predicted molar refractivity (Wildman–Crippen MR) is 92.6 cm³/mol. The van der Waals surface area contributed by atoms with Crippen molar-refractivity contribution in [3.63, 3.8) is 0 Å². The first-order valence-corrected chi connectivity index (χ1v) is 9.22. The van der Waals surface area contributed by atoms with Gasteiger partial charge >= 0.3 is 0 Å². The third-order valence-electron chi connectivity index (χ3n) is 7.51. The standard InChI is InChI=1S/C21H27NO2/c1-20(2)10-17-15-5-4-12-9-18(23)13(11-22)8-16(12)14(15)6-7-21(17,3)19(20)24/h8-9,14-15,17,19,23-24H,4-7,10H2,1-3H3/t14?,15?,17?,19-,21-/m0/s1. The maximum absolute atomic E-state index is 10.9. The van der Waals surface area contributed by atoms with E-state index in [1.54, 1.807) is 0 Å². The quantitative estimate of drug-likeness (QED) is 0.754. The molecule has 3 unspecified atom stereocenters. The van der Waals surface area contributed by atoms with Crippen LogP contribution in [-0.4, -0.2) is 16.3 Å². The van der Waals surface area contributed by atoms with E-state index in [0.29, 0.717) is 23.3 Å². The van der Waals surface area contributed by atoms with Crippen LogP contribution in [0.2, 0.25) is 0 Å². The summed E-state index contributed by atoms with van der Waals surface area (Å²) in [4.78, 5) is 0. The fourth-order valence-corrected chi connectivity index (χ4v) is 6.34. The van der Waals surface area contributed by atoms with Gasteiger partial charge in [-0.3, -0.25) is 0 Å². The molecule has 2 fully saturated rings. The number of nitriles is 1. The summed E-state index contributed by atoms with van der Waals surface area (Å²) in [6, 6.07) is 5.87. The Kier molecular flexibility index (Phi) is 3.32. The van der Waals surface area contributed by atoms with Crippen LogP contribution in [0.3, 0.4) is 0 Å². The molecule has 3 aliphatic rings. The minimum Gasteiger partial charge on any atom is -0.507 e. The Morgan fingerprint density at radius 3 is 2.67 bits per heavy atom. The van der Waals surface area contributed by atoms with Crippen molar-refractivity contribution in [2.75, 3.05) is 0 Å². The van der Waals surface area contributed by atoms with Gasteiger partial charge in [-0.15, -0.1) is 0 Å². The number of nitrogens with zero attached hydrogens (tertiary/aromatic N) is 1. The molecule has 0 aromatic heterocycles. The highest BCUT2D eigenvalue weighted by atomic mass is 16.3. The highest BCUT2D eigenvalue weighted by Crippen LogP contribution is 2.65. The largest absolute Gasteiger partial charge is 0.507 e. The SMILES string of the molecule is CC1(C)CC2C3CCc4cc(O)c(C#N)cc4C3CC[C@]2(C)[C@H]1O. The van der Waals surface area contributed by atoms with E-state index in [2.05, 4.69) is 26.8 Å². The first-order chi connectivity index (χ1) is 11.3. The second kappa shape index (κ2) is 4.99. The second-order valence-electron chi connectivity index (χ2n) is 9.24. The van der Waals surface area contributed by atoms with Crippen molar-refractivity contribution >= 4 is 0 Å². The number of rotatable bonds is 0. The van der Waals surface area contributed by atoms with Crippen LogP contribution in [0.1, 0.15) is 69.1 Å². The van der Waals surface area contributed by atoms with Gasteiger partial charge in [0, 0.05) is 0 Å². The van der Waals surface area contributed by atoms with E-state index in [1.165, 1.54) is 11.1 Å². The van der Waals surface area contributed by atoms with Crippen molar-refractivity contribution in [2.45, 2.75) is 64.9 Å². The van der Waals surface area contributed by atoms with Gasteiger partial charge in [-0.1, -0.05) is 20.8 Å². The third kappa shape index (κ3) is 1.99. The molecule has 0 amide bonds.